The second-order valence-corrected chi connectivity index (χ2v) is 13.0. The molecule has 0 saturated heterocycles. The third-order valence-electron chi connectivity index (χ3n) is 7.95. The first kappa shape index (κ1) is 41.7. The number of carbonyl (C=O) groups is 6. The molecule has 15 heteroatoms. The summed E-state index contributed by atoms with van der Waals surface area (Å²) in [5.41, 5.74) is 12.3. The highest BCUT2D eigenvalue weighted by molar-refractivity contribution is 5.96. The largest absolute Gasteiger partial charge is 0.480 e. The maximum absolute atomic E-state index is 13.9. The first-order valence-corrected chi connectivity index (χ1v) is 16.9. The van der Waals surface area contributed by atoms with Gasteiger partial charge in [-0.3, -0.25) is 29.0 Å². The van der Waals surface area contributed by atoms with E-state index in [0.29, 0.717) is 11.1 Å². The zero-order chi connectivity index (χ0) is 38.1. The van der Waals surface area contributed by atoms with Gasteiger partial charge in [0.25, 0.3) is 0 Å². The van der Waals surface area contributed by atoms with Crippen LogP contribution in [0.2, 0.25) is 0 Å². The fourth-order valence-electron chi connectivity index (χ4n) is 5.22. The van der Waals surface area contributed by atoms with Gasteiger partial charge in [0.1, 0.15) is 30.2 Å². The number of carboxylic acid groups (broad SMARTS) is 1. The van der Waals surface area contributed by atoms with Crippen molar-refractivity contribution in [3.05, 3.63) is 71.8 Å². The molecule has 15 nitrogen and oxygen atoms in total. The van der Waals surface area contributed by atoms with E-state index in [9.17, 15) is 33.9 Å². The predicted octanol–water partition coefficient (Wildman–Crippen LogP) is 0.366. The third kappa shape index (κ3) is 14.9. The van der Waals surface area contributed by atoms with Gasteiger partial charge in [-0.2, -0.15) is 0 Å². The van der Waals surface area contributed by atoms with Crippen molar-refractivity contribution in [3.63, 3.8) is 0 Å². The van der Waals surface area contributed by atoms with Gasteiger partial charge in [-0.05, 0) is 35.8 Å². The van der Waals surface area contributed by atoms with Crippen LogP contribution in [0.4, 0.5) is 0 Å². The molecule has 10 N–H and O–H groups in total. The Kier molecular flexibility index (Phi) is 17.1. The highest BCUT2D eigenvalue weighted by Gasteiger charge is 2.34. The molecule has 0 spiro atoms. The molecule has 0 unspecified atom stereocenters. The minimum atomic E-state index is -1.28. The average Bonchev–Trinajstić information content (AvgIpc) is 3.06. The third-order valence-corrected chi connectivity index (χ3v) is 7.95. The van der Waals surface area contributed by atoms with E-state index in [1.54, 1.807) is 88.4 Å². The van der Waals surface area contributed by atoms with Crippen molar-refractivity contribution in [3.8, 4) is 0 Å². The normalized spacial score (nSPS) is 13.9. The molecule has 0 aromatic heterocycles. The number of amides is 5. The molecule has 2 aromatic rings. The van der Waals surface area contributed by atoms with Gasteiger partial charge < -0.3 is 43.2 Å². The molecule has 51 heavy (non-hydrogen) atoms. The maximum atomic E-state index is 13.9. The number of nitrogens with one attached hydrogen (secondary N) is 5. The summed E-state index contributed by atoms with van der Waals surface area (Å²) < 4.78 is 0. The summed E-state index contributed by atoms with van der Waals surface area (Å²) >= 11 is 0. The van der Waals surface area contributed by atoms with E-state index in [0.717, 1.165) is 0 Å². The van der Waals surface area contributed by atoms with E-state index in [1.165, 1.54) is 6.92 Å². The van der Waals surface area contributed by atoms with Gasteiger partial charge in [-0.15, -0.1) is 0 Å². The van der Waals surface area contributed by atoms with Crippen LogP contribution in [0.25, 0.3) is 0 Å². The van der Waals surface area contributed by atoms with Crippen LogP contribution in [0.5, 0.6) is 0 Å². The van der Waals surface area contributed by atoms with E-state index < -0.39 is 71.6 Å². The van der Waals surface area contributed by atoms with Crippen LogP contribution >= 0.6 is 0 Å². The molecule has 2 rings (SSSR count). The summed E-state index contributed by atoms with van der Waals surface area (Å²) in [6.45, 7) is 8.38. The molecule has 5 atom stereocenters. The van der Waals surface area contributed by atoms with E-state index in [1.807, 2.05) is 0 Å². The second kappa shape index (κ2) is 20.9. The molecule has 0 saturated carbocycles. The molecule has 2 aromatic carbocycles. The van der Waals surface area contributed by atoms with Gasteiger partial charge in [0.2, 0.25) is 29.5 Å². The van der Waals surface area contributed by atoms with Gasteiger partial charge in [0.05, 0.1) is 0 Å². The monoisotopic (exact) mass is 708 g/mol. The van der Waals surface area contributed by atoms with Crippen LogP contribution < -0.4 is 38.1 Å². The molecule has 0 aliphatic heterocycles. The van der Waals surface area contributed by atoms with Crippen LogP contribution in [0.1, 0.15) is 58.6 Å². The lowest BCUT2D eigenvalue weighted by atomic mass is 9.99. The Morgan fingerprint density at radius 3 is 1.53 bits per heavy atom. The Morgan fingerprint density at radius 2 is 1.06 bits per heavy atom. The molecular weight excluding hydrogens is 656 g/mol. The lowest BCUT2D eigenvalue weighted by Crippen LogP contribution is -2.60. The predicted molar refractivity (Wildman–Crippen MR) is 193 cm³/mol. The van der Waals surface area contributed by atoms with Crippen molar-refractivity contribution in [2.75, 3.05) is 6.54 Å². The standard InChI is InChI=1S/C36H52N8O7/c1-21(2)29(40-23(5)45)34(49)44-30(22(3)4)33(48)41-26(17-12-18-39-36(37)38)31(46)42-27(19-24-13-8-6-9-14-24)32(47)43-28(35(50)51)20-25-15-10-7-11-16-25/h6-11,13-16,21-22,26-30H,12,17-20H2,1-5H3,(H,40,45)(H,41,48)(H,42,46)(H,43,47)(H,44,49)(H,50,51)(H4,37,38,39)/t26-,27-,28-,29-,30-/m0/s1. The summed E-state index contributed by atoms with van der Waals surface area (Å²) in [6.07, 6.45) is 0.355. The molecule has 0 radical (unpaired) electrons. The average molecular weight is 709 g/mol. The van der Waals surface area contributed by atoms with Crippen LogP contribution in [0.15, 0.2) is 65.7 Å². The molecule has 5 amide bonds. The molecular formula is C36H52N8O7. The SMILES string of the molecule is CC(=O)N[C@H](C(=O)N[C@H](C(=O)N[C@@H](CCCN=C(N)N)C(=O)N[C@@H](Cc1ccccc1)C(=O)N[C@@H](Cc1ccccc1)C(=O)O)C(C)C)C(C)C. The van der Waals surface area contributed by atoms with Crippen molar-refractivity contribution in [2.45, 2.75) is 90.5 Å². The number of carbonyl (C=O) groups excluding carboxylic acids is 5. The highest BCUT2D eigenvalue weighted by Crippen LogP contribution is 2.11. The van der Waals surface area contributed by atoms with Gasteiger partial charge in [-0.25, -0.2) is 4.79 Å². The number of nitrogens with two attached hydrogens (primary N) is 2. The lowest BCUT2D eigenvalue weighted by molar-refractivity contribution is -0.142. The van der Waals surface area contributed by atoms with Crippen molar-refractivity contribution < 1.29 is 33.9 Å². The number of benzene rings is 2. The van der Waals surface area contributed by atoms with Crippen LogP contribution in [-0.4, -0.2) is 83.3 Å². The minimum absolute atomic E-state index is 0.0132. The number of hydrogen-bond donors (Lipinski definition) is 8. The quantitative estimate of drug-likeness (QED) is 0.0537. The maximum Gasteiger partial charge on any atom is 0.326 e. The Bertz CT molecular complexity index is 1500. The van der Waals surface area contributed by atoms with Crippen LogP contribution in [-0.2, 0) is 41.6 Å². The summed E-state index contributed by atoms with van der Waals surface area (Å²) in [5, 5.41) is 23.2. The zero-order valence-electron chi connectivity index (χ0n) is 29.8. The molecule has 0 bridgehead atoms. The number of guanidine groups is 1. The van der Waals surface area contributed by atoms with Gasteiger partial charge in [0, 0.05) is 26.3 Å². The molecule has 0 aliphatic rings. The Labute approximate surface area is 298 Å². The molecule has 278 valence electrons. The summed E-state index contributed by atoms with van der Waals surface area (Å²) in [7, 11) is 0. The lowest BCUT2D eigenvalue weighted by Gasteiger charge is -2.29. The van der Waals surface area contributed by atoms with Gasteiger partial charge in [-0.1, -0.05) is 88.4 Å². The fraction of sp³-hybridized carbons (Fsp3) is 0.472. The van der Waals surface area contributed by atoms with Crippen molar-refractivity contribution in [1.82, 2.24) is 26.6 Å². The number of carboxylic acids is 1. The van der Waals surface area contributed by atoms with Gasteiger partial charge in [0.15, 0.2) is 5.96 Å². The Balaban J connectivity index is 2.36. The topological polar surface area (TPSA) is 247 Å². The minimum Gasteiger partial charge on any atom is -0.480 e. The summed E-state index contributed by atoms with van der Waals surface area (Å²) in [4.78, 5) is 82.3. The number of aliphatic carboxylic acids is 1. The van der Waals surface area contributed by atoms with E-state index in [4.69, 9.17) is 11.5 Å². The van der Waals surface area contributed by atoms with Crippen molar-refractivity contribution >= 4 is 41.5 Å². The summed E-state index contributed by atoms with van der Waals surface area (Å²) in [5.74, 6) is -5.17. The summed E-state index contributed by atoms with van der Waals surface area (Å²) in [6, 6.07) is 12.0. The first-order chi connectivity index (χ1) is 24.1. The number of rotatable bonds is 20. The van der Waals surface area contributed by atoms with E-state index in [2.05, 4.69) is 31.6 Å². The van der Waals surface area contributed by atoms with Gasteiger partial charge >= 0.3 is 5.97 Å². The van der Waals surface area contributed by atoms with Crippen molar-refractivity contribution in [2.24, 2.45) is 28.3 Å². The smallest absolute Gasteiger partial charge is 0.326 e. The fourth-order valence-corrected chi connectivity index (χ4v) is 5.22. The highest BCUT2D eigenvalue weighted by atomic mass is 16.4. The zero-order valence-corrected chi connectivity index (χ0v) is 29.8. The molecule has 0 heterocycles. The Morgan fingerprint density at radius 1 is 0.627 bits per heavy atom. The van der Waals surface area contributed by atoms with Crippen LogP contribution in [0, 0.1) is 11.8 Å². The van der Waals surface area contributed by atoms with E-state index in [-0.39, 0.29) is 44.1 Å². The van der Waals surface area contributed by atoms with E-state index >= 15 is 0 Å². The second-order valence-electron chi connectivity index (χ2n) is 13.0. The number of nitrogens with zero attached hydrogens (tertiary/aromatic N) is 1. The first-order valence-electron chi connectivity index (χ1n) is 16.9. The van der Waals surface area contributed by atoms with Crippen molar-refractivity contribution in [1.29, 1.82) is 0 Å². The molecule has 0 fully saturated rings. The number of hydrogen-bond acceptors (Lipinski definition) is 7. The van der Waals surface area contributed by atoms with Crippen LogP contribution in [0.3, 0.4) is 0 Å². The Hall–Kier alpha value is -5.47. The molecule has 0 aliphatic carbocycles. The number of aliphatic imine (C=N–C) groups is 1.